The molecule has 0 amide bonds. The highest BCUT2D eigenvalue weighted by Gasteiger charge is 2.07. The predicted octanol–water partition coefficient (Wildman–Crippen LogP) is 16.6. The topological polar surface area (TPSA) is 36.9 Å². The zero-order chi connectivity index (χ0) is 43.5. The third kappa shape index (κ3) is 17.3. The van der Waals surface area contributed by atoms with Gasteiger partial charge in [0.2, 0.25) is 0 Å². The van der Waals surface area contributed by atoms with Crippen molar-refractivity contribution in [3.05, 3.63) is 154 Å². The molecule has 0 aromatic heterocycles. The third-order valence-corrected chi connectivity index (χ3v) is 10.7. The van der Waals surface area contributed by atoms with E-state index in [2.05, 4.69) is 185 Å². The second-order valence-electron chi connectivity index (χ2n) is 15.9. The molecule has 0 aliphatic heterocycles. The van der Waals surface area contributed by atoms with Gasteiger partial charge < -0.3 is 18.9 Å². The lowest BCUT2D eigenvalue weighted by atomic mass is 9.95. The van der Waals surface area contributed by atoms with Crippen molar-refractivity contribution in [2.24, 2.45) is 0 Å². The van der Waals surface area contributed by atoms with Crippen LogP contribution in [0.5, 0.6) is 23.0 Å². The van der Waals surface area contributed by atoms with Crippen LogP contribution in [0.1, 0.15) is 149 Å². The fourth-order valence-electron chi connectivity index (χ4n) is 6.86. The van der Waals surface area contributed by atoms with Gasteiger partial charge in [0.1, 0.15) is 23.0 Å². The maximum atomic E-state index is 6.00. The van der Waals surface area contributed by atoms with Crippen LogP contribution in [0.3, 0.4) is 0 Å². The van der Waals surface area contributed by atoms with Crippen LogP contribution >= 0.6 is 0 Å². The van der Waals surface area contributed by atoms with Crippen molar-refractivity contribution in [3.63, 3.8) is 0 Å². The molecule has 5 aromatic carbocycles. The molecule has 62 heavy (non-hydrogen) atoms. The first-order valence-corrected chi connectivity index (χ1v) is 23.4. The predicted molar refractivity (Wildman–Crippen MR) is 268 cm³/mol. The molecule has 0 unspecified atom stereocenters. The summed E-state index contributed by atoms with van der Waals surface area (Å²) < 4.78 is 24.0. The van der Waals surface area contributed by atoms with Crippen molar-refractivity contribution in [3.8, 4) is 23.0 Å². The molecule has 5 rings (SSSR count). The van der Waals surface area contributed by atoms with E-state index >= 15 is 0 Å². The molecule has 4 heteroatoms. The summed E-state index contributed by atoms with van der Waals surface area (Å²) in [4.78, 5) is 0. The summed E-state index contributed by atoms with van der Waals surface area (Å²) in [5, 5.41) is 0. The summed E-state index contributed by atoms with van der Waals surface area (Å²) in [5.74, 6) is 3.64. The Labute approximate surface area is 374 Å². The molecule has 0 atom stereocenters. The van der Waals surface area contributed by atoms with E-state index in [9.17, 15) is 0 Å². The van der Waals surface area contributed by atoms with E-state index in [1.54, 1.807) is 0 Å². The monoisotopic (exact) mass is 831 g/mol. The van der Waals surface area contributed by atoms with E-state index in [4.69, 9.17) is 18.9 Å². The molecule has 0 saturated carbocycles. The molecule has 0 heterocycles. The van der Waals surface area contributed by atoms with Crippen LogP contribution in [0.15, 0.2) is 109 Å². The number of hydrogen-bond acceptors (Lipinski definition) is 4. The van der Waals surface area contributed by atoms with Crippen molar-refractivity contribution in [1.82, 2.24) is 0 Å². The van der Waals surface area contributed by atoms with Crippen LogP contribution in [0.4, 0.5) is 0 Å². The minimum atomic E-state index is 0.750. The number of rotatable bonds is 28. The van der Waals surface area contributed by atoms with Crippen molar-refractivity contribution < 1.29 is 18.9 Å². The Morgan fingerprint density at radius 3 is 0.677 bits per heavy atom. The van der Waals surface area contributed by atoms with E-state index in [1.807, 2.05) is 0 Å². The van der Waals surface area contributed by atoms with E-state index in [1.165, 1.54) is 51.4 Å². The third-order valence-electron chi connectivity index (χ3n) is 10.7. The summed E-state index contributed by atoms with van der Waals surface area (Å²) in [7, 11) is 0. The van der Waals surface area contributed by atoms with Crippen LogP contribution in [0, 0.1) is 0 Å². The van der Waals surface area contributed by atoms with Gasteiger partial charge in [0, 0.05) is 0 Å². The molecular formula is C58H70O4. The van der Waals surface area contributed by atoms with Gasteiger partial charge in [0.15, 0.2) is 0 Å². The Morgan fingerprint density at radius 1 is 0.274 bits per heavy atom. The Morgan fingerprint density at radius 2 is 0.484 bits per heavy atom. The first kappa shape index (κ1) is 47.3. The summed E-state index contributed by atoms with van der Waals surface area (Å²) in [6.07, 6.45) is 31.4. The standard InChI is InChI=1S/C58H70O4/c1-5-9-13-41-59-55-33-21-47(22-34-55)17-29-51-45-53(31-19-49-25-37-57(38-26-49)61-43-15-11-7-3)54(32-20-50-27-39-58(40-28-50)62-44-16-12-8-4)46-52(51)30-18-48-23-35-56(36-24-48)60-42-14-10-6-2/h17-40,45-46H,5-16,41-44H2,1-4H3/b29-17+,30-18+,31-19+,32-20+. The second-order valence-corrected chi connectivity index (χ2v) is 15.9. The minimum Gasteiger partial charge on any atom is -0.494 e. The van der Waals surface area contributed by atoms with Gasteiger partial charge in [-0.05, 0) is 131 Å². The number of benzene rings is 5. The molecular weight excluding hydrogens is 761 g/mol. The van der Waals surface area contributed by atoms with Gasteiger partial charge in [-0.2, -0.15) is 0 Å². The number of ether oxygens (including phenoxy) is 4. The zero-order valence-corrected chi connectivity index (χ0v) is 38.0. The highest BCUT2D eigenvalue weighted by molar-refractivity contribution is 5.86. The molecule has 0 bridgehead atoms. The maximum absolute atomic E-state index is 6.00. The first-order valence-electron chi connectivity index (χ1n) is 23.4. The van der Waals surface area contributed by atoms with Crippen LogP contribution in [0.25, 0.3) is 48.6 Å². The van der Waals surface area contributed by atoms with Gasteiger partial charge in [-0.25, -0.2) is 0 Å². The Balaban J connectivity index is 1.47. The average Bonchev–Trinajstić information content (AvgIpc) is 3.31. The molecule has 0 spiro atoms. The fraction of sp³-hybridized carbons (Fsp3) is 0.345. The summed E-state index contributed by atoms with van der Waals surface area (Å²) in [5.41, 5.74) is 8.95. The quantitative estimate of drug-likeness (QED) is 0.0372. The van der Waals surface area contributed by atoms with Crippen LogP contribution in [-0.4, -0.2) is 26.4 Å². The van der Waals surface area contributed by atoms with E-state index < -0.39 is 0 Å². The number of unbranched alkanes of at least 4 members (excludes halogenated alkanes) is 8. The van der Waals surface area contributed by atoms with Gasteiger partial charge in [-0.15, -0.1) is 0 Å². The molecule has 0 radical (unpaired) electrons. The van der Waals surface area contributed by atoms with E-state index in [0.29, 0.717) is 0 Å². The SMILES string of the molecule is CCCCCOc1ccc(/C=C/c2cc(/C=C/c3ccc(OCCCCC)cc3)c(/C=C/c3ccc(OCCCCC)cc3)cc2/C=C/c2ccc(OCCCCC)cc2)cc1. The number of hydrogen-bond donors (Lipinski definition) is 0. The van der Waals surface area contributed by atoms with E-state index in [-0.39, 0.29) is 0 Å². The lowest BCUT2D eigenvalue weighted by Gasteiger charge is -2.10. The highest BCUT2D eigenvalue weighted by Crippen LogP contribution is 2.27. The molecule has 0 N–H and O–H groups in total. The minimum absolute atomic E-state index is 0.750. The smallest absolute Gasteiger partial charge is 0.119 e. The van der Waals surface area contributed by atoms with Gasteiger partial charge >= 0.3 is 0 Å². The Bertz CT molecular complexity index is 1800. The van der Waals surface area contributed by atoms with Crippen molar-refractivity contribution in [2.75, 3.05) is 26.4 Å². The molecule has 4 nitrogen and oxygen atoms in total. The van der Waals surface area contributed by atoms with Crippen LogP contribution < -0.4 is 18.9 Å². The molecule has 0 fully saturated rings. The summed E-state index contributed by atoms with van der Waals surface area (Å²) >= 11 is 0. The molecule has 0 saturated heterocycles. The lowest BCUT2D eigenvalue weighted by Crippen LogP contribution is -1.96. The Hall–Kier alpha value is -5.74. The molecule has 5 aromatic rings. The molecule has 0 aliphatic carbocycles. The summed E-state index contributed by atoms with van der Waals surface area (Å²) in [6.45, 7) is 11.9. The van der Waals surface area contributed by atoms with Crippen LogP contribution in [0.2, 0.25) is 0 Å². The van der Waals surface area contributed by atoms with Gasteiger partial charge in [0.05, 0.1) is 26.4 Å². The molecule has 0 aliphatic rings. The Kier molecular flexibility index (Phi) is 21.3. The van der Waals surface area contributed by atoms with Crippen LogP contribution in [-0.2, 0) is 0 Å². The maximum Gasteiger partial charge on any atom is 0.119 e. The van der Waals surface area contributed by atoms with Crippen molar-refractivity contribution >= 4 is 48.6 Å². The normalized spacial score (nSPS) is 11.7. The second kappa shape index (κ2) is 28.0. The average molecular weight is 831 g/mol. The van der Waals surface area contributed by atoms with Crippen molar-refractivity contribution in [1.29, 1.82) is 0 Å². The van der Waals surface area contributed by atoms with Gasteiger partial charge in [-0.1, -0.05) is 176 Å². The van der Waals surface area contributed by atoms with E-state index in [0.717, 1.165) is 120 Å². The fourth-order valence-corrected chi connectivity index (χ4v) is 6.86. The summed E-state index contributed by atoms with van der Waals surface area (Å²) in [6, 6.07) is 38.2. The van der Waals surface area contributed by atoms with Crippen molar-refractivity contribution in [2.45, 2.75) is 105 Å². The largest absolute Gasteiger partial charge is 0.494 e. The lowest BCUT2D eigenvalue weighted by molar-refractivity contribution is 0.306. The van der Waals surface area contributed by atoms with Gasteiger partial charge in [0.25, 0.3) is 0 Å². The van der Waals surface area contributed by atoms with Gasteiger partial charge in [-0.3, -0.25) is 0 Å². The first-order chi connectivity index (χ1) is 30.6. The highest BCUT2D eigenvalue weighted by atomic mass is 16.5. The molecule has 326 valence electrons. The zero-order valence-electron chi connectivity index (χ0n) is 38.0.